The number of amides is 1. The third-order valence-electron chi connectivity index (χ3n) is 3.40. The minimum atomic E-state index is 0.0726. The largest absolute Gasteiger partial charge is 0.353 e. The quantitative estimate of drug-likeness (QED) is 0.808. The highest BCUT2D eigenvalue weighted by molar-refractivity contribution is 6.35. The van der Waals surface area contributed by atoms with Crippen LogP contribution in [-0.4, -0.2) is 11.9 Å². The van der Waals surface area contributed by atoms with Crippen LogP contribution in [0.4, 0.5) is 0 Å². The fraction of sp³-hybridized carbons (Fsp3) is 0.562. The van der Waals surface area contributed by atoms with Crippen molar-refractivity contribution in [2.75, 3.05) is 0 Å². The Bertz CT molecular complexity index is 450. The van der Waals surface area contributed by atoms with E-state index in [-0.39, 0.29) is 11.9 Å². The molecule has 112 valence electrons. The van der Waals surface area contributed by atoms with E-state index in [0.29, 0.717) is 34.7 Å². The van der Waals surface area contributed by atoms with Crippen molar-refractivity contribution < 1.29 is 4.79 Å². The van der Waals surface area contributed by atoms with Crippen LogP contribution in [-0.2, 0) is 11.2 Å². The molecule has 2 nitrogen and oxygen atoms in total. The Labute approximate surface area is 131 Å². The zero-order chi connectivity index (χ0) is 15.3. The smallest absolute Gasteiger partial charge is 0.220 e. The first kappa shape index (κ1) is 17.3. The number of hydrogen-bond donors (Lipinski definition) is 1. The van der Waals surface area contributed by atoms with Gasteiger partial charge in [-0.15, -0.1) is 0 Å². The second kappa shape index (κ2) is 7.90. The topological polar surface area (TPSA) is 29.1 Å². The Kier molecular flexibility index (Phi) is 6.84. The standard InChI is InChI=1S/C16H23Cl2NO/c1-10(2)16(11(3)4)19-15(20)8-6-12-5-7-13(17)9-14(12)18/h5,7,9-11,16H,6,8H2,1-4H3,(H,19,20). The maximum absolute atomic E-state index is 12.0. The number of carbonyl (C=O) groups is 1. The van der Waals surface area contributed by atoms with Gasteiger partial charge < -0.3 is 5.32 Å². The van der Waals surface area contributed by atoms with Crippen molar-refractivity contribution in [3.05, 3.63) is 33.8 Å². The van der Waals surface area contributed by atoms with Crippen molar-refractivity contribution >= 4 is 29.1 Å². The summed E-state index contributed by atoms with van der Waals surface area (Å²) in [5.41, 5.74) is 0.955. The van der Waals surface area contributed by atoms with Gasteiger partial charge >= 0.3 is 0 Å². The summed E-state index contributed by atoms with van der Waals surface area (Å²) in [5.74, 6) is 0.930. The molecule has 0 bridgehead atoms. The van der Waals surface area contributed by atoms with E-state index in [1.165, 1.54) is 0 Å². The lowest BCUT2D eigenvalue weighted by Gasteiger charge is -2.26. The zero-order valence-corrected chi connectivity index (χ0v) is 14.1. The Balaban J connectivity index is 2.54. The Morgan fingerprint density at radius 2 is 1.75 bits per heavy atom. The molecule has 0 saturated heterocycles. The van der Waals surface area contributed by atoms with E-state index in [4.69, 9.17) is 23.2 Å². The third-order valence-corrected chi connectivity index (χ3v) is 3.99. The first-order valence-electron chi connectivity index (χ1n) is 7.04. The molecule has 20 heavy (non-hydrogen) atoms. The minimum absolute atomic E-state index is 0.0726. The summed E-state index contributed by atoms with van der Waals surface area (Å²) in [5, 5.41) is 4.34. The van der Waals surface area contributed by atoms with E-state index in [2.05, 4.69) is 33.0 Å². The Morgan fingerprint density at radius 1 is 1.15 bits per heavy atom. The van der Waals surface area contributed by atoms with Crippen molar-refractivity contribution in [2.24, 2.45) is 11.8 Å². The minimum Gasteiger partial charge on any atom is -0.353 e. The molecule has 0 atom stereocenters. The molecule has 1 aromatic carbocycles. The highest BCUT2D eigenvalue weighted by Crippen LogP contribution is 2.22. The summed E-state index contributed by atoms with van der Waals surface area (Å²) < 4.78 is 0. The summed E-state index contributed by atoms with van der Waals surface area (Å²) >= 11 is 12.0. The predicted molar refractivity (Wildman–Crippen MR) is 86.4 cm³/mol. The van der Waals surface area contributed by atoms with E-state index < -0.39 is 0 Å². The van der Waals surface area contributed by atoms with Crippen molar-refractivity contribution in [3.63, 3.8) is 0 Å². The zero-order valence-electron chi connectivity index (χ0n) is 12.5. The molecule has 0 aliphatic rings. The molecule has 1 rings (SSSR count). The average molecular weight is 316 g/mol. The van der Waals surface area contributed by atoms with Crippen molar-refractivity contribution in [2.45, 2.75) is 46.6 Å². The fourth-order valence-electron chi connectivity index (χ4n) is 2.33. The fourth-order valence-corrected chi connectivity index (χ4v) is 2.84. The van der Waals surface area contributed by atoms with Gasteiger partial charge in [0, 0.05) is 22.5 Å². The molecule has 0 aliphatic heterocycles. The van der Waals surface area contributed by atoms with Gasteiger partial charge in [-0.25, -0.2) is 0 Å². The van der Waals surface area contributed by atoms with Crippen LogP contribution in [0.3, 0.4) is 0 Å². The number of aryl methyl sites for hydroxylation is 1. The maximum atomic E-state index is 12.0. The molecule has 1 aromatic rings. The van der Waals surface area contributed by atoms with Crippen LogP contribution in [0.25, 0.3) is 0 Å². The maximum Gasteiger partial charge on any atom is 0.220 e. The number of hydrogen-bond acceptors (Lipinski definition) is 1. The molecule has 1 N–H and O–H groups in total. The summed E-state index contributed by atoms with van der Waals surface area (Å²) in [4.78, 5) is 12.0. The molecule has 0 aliphatic carbocycles. The summed E-state index contributed by atoms with van der Waals surface area (Å²) in [6.45, 7) is 8.50. The summed E-state index contributed by atoms with van der Waals surface area (Å²) in [6.07, 6.45) is 1.07. The van der Waals surface area contributed by atoms with Crippen molar-refractivity contribution in [1.29, 1.82) is 0 Å². The van der Waals surface area contributed by atoms with Gasteiger partial charge in [0.1, 0.15) is 0 Å². The molecule has 0 spiro atoms. The van der Waals surface area contributed by atoms with Crippen LogP contribution in [0.5, 0.6) is 0 Å². The molecule has 1 amide bonds. The van der Waals surface area contributed by atoms with Gasteiger partial charge in [0.25, 0.3) is 0 Å². The van der Waals surface area contributed by atoms with Crippen molar-refractivity contribution in [1.82, 2.24) is 5.32 Å². The SMILES string of the molecule is CC(C)C(NC(=O)CCc1ccc(Cl)cc1Cl)C(C)C. The highest BCUT2D eigenvalue weighted by Gasteiger charge is 2.19. The molecule has 4 heteroatoms. The van der Waals surface area contributed by atoms with E-state index in [0.717, 1.165) is 5.56 Å². The first-order chi connectivity index (χ1) is 9.31. The summed E-state index contributed by atoms with van der Waals surface area (Å²) in [6, 6.07) is 5.59. The lowest BCUT2D eigenvalue weighted by Crippen LogP contribution is -2.42. The second-order valence-corrected chi connectivity index (χ2v) is 6.66. The molecule has 0 radical (unpaired) electrons. The number of benzene rings is 1. The number of halogens is 2. The second-order valence-electron chi connectivity index (χ2n) is 5.82. The first-order valence-corrected chi connectivity index (χ1v) is 7.80. The van der Waals surface area contributed by atoms with Crippen molar-refractivity contribution in [3.8, 4) is 0 Å². The van der Waals surface area contributed by atoms with Gasteiger partial charge in [0.05, 0.1) is 0 Å². The molecule has 0 heterocycles. The number of rotatable bonds is 6. The molecular weight excluding hydrogens is 293 g/mol. The Hall–Kier alpha value is -0.730. The van der Waals surface area contributed by atoms with Crippen LogP contribution >= 0.6 is 23.2 Å². The van der Waals surface area contributed by atoms with E-state index >= 15 is 0 Å². The van der Waals surface area contributed by atoms with E-state index in [1.54, 1.807) is 12.1 Å². The van der Waals surface area contributed by atoms with Gasteiger partial charge in [-0.05, 0) is 36.0 Å². The van der Waals surface area contributed by atoms with Crippen LogP contribution in [0.1, 0.15) is 39.7 Å². The lowest BCUT2D eigenvalue weighted by molar-refractivity contribution is -0.122. The number of nitrogens with one attached hydrogen (secondary N) is 1. The third kappa shape index (κ3) is 5.34. The van der Waals surface area contributed by atoms with Crippen LogP contribution in [0.15, 0.2) is 18.2 Å². The van der Waals surface area contributed by atoms with Crippen LogP contribution < -0.4 is 5.32 Å². The van der Waals surface area contributed by atoms with Gasteiger partial charge in [-0.1, -0.05) is 57.0 Å². The normalized spacial score (nSPS) is 11.4. The monoisotopic (exact) mass is 315 g/mol. The van der Waals surface area contributed by atoms with Gasteiger partial charge in [-0.3, -0.25) is 4.79 Å². The molecular formula is C16H23Cl2NO. The highest BCUT2D eigenvalue weighted by atomic mass is 35.5. The van der Waals surface area contributed by atoms with E-state index in [1.807, 2.05) is 6.07 Å². The predicted octanol–water partition coefficient (Wildman–Crippen LogP) is 4.72. The molecule has 0 fully saturated rings. The van der Waals surface area contributed by atoms with Gasteiger partial charge in [0.2, 0.25) is 5.91 Å². The average Bonchev–Trinajstić information content (AvgIpc) is 2.34. The lowest BCUT2D eigenvalue weighted by atomic mass is 9.93. The number of carbonyl (C=O) groups excluding carboxylic acids is 1. The van der Waals surface area contributed by atoms with Gasteiger partial charge in [0.15, 0.2) is 0 Å². The summed E-state index contributed by atoms with van der Waals surface area (Å²) in [7, 11) is 0. The molecule has 0 aromatic heterocycles. The van der Waals surface area contributed by atoms with E-state index in [9.17, 15) is 4.79 Å². The Morgan fingerprint density at radius 3 is 2.25 bits per heavy atom. The van der Waals surface area contributed by atoms with Crippen LogP contribution in [0.2, 0.25) is 10.0 Å². The van der Waals surface area contributed by atoms with Gasteiger partial charge in [-0.2, -0.15) is 0 Å². The molecule has 0 saturated carbocycles. The molecule has 0 unspecified atom stereocenters. The van der Waals surface area contributed by atoms with Crippen LogP contribution in [0, 0.1) is 11.8 Å².